The summed E-state index contributed by atoms with van der Waals surface area (Å²) in [6.07, 6.45) is 0. The van der Waals surface area contributed by atoms with E-state index < -0.39 is 0 Å². The number of hydrogen-bond donors (Lipinski definition) is 2. The van der Waals surface area contributed by atoms with Gasteiger partial charge in [-0.05, 0) is 11.5 Å². The van der Waals surface area contributed by atoms with Gasteiger partial charge < -0.3 is 11.1 Å². The van der Waals surface area contributed by atoms with Crippen LogP contribution in [0.2, 0.25) is 0 Å². The second-order valence-corrected chi connectivity index (χ2v) is 6.68. The monoisotopic (exact) mass is 303 g/mol. The van der Waals surface area contributed by atoms with E-state index in [0.717, 1.165) is 11.3 Å². The van der Waals surface area contributed by atoms with Gasteiger partial charge in [-0.25, -0.2) is 4.98 Å². The van der Waals surface area contributed by atoms with Crippen LogP contribution in [0.25, 0.3) is 11.3 Å². The molecule has 0 unspecified atom stereocenters. The summed E-state index contributed by atoms with van der Waals surface area (Å²) in [7, 11) is 0. The summed E-state index contributed by atoms with van der Waals surface area (Å²) < 4.78 is 0. The van der Waals surface area contributed by atoms with Crippen LogP contribution in [-0.4, -0.2) is 10.9 Å². The van der Waals surface area contributed by atoms with Gasteiger partial charge in [0.25, 0.3) is 0 Å². The highest BCUT2D eigenvalue weighted by Gasteiger charge is 2.14. The van der Waals surface area contributed by atoms with E-state index in [1.807, 2.05) is 26.0 Å². The number of carbonyl (C=O) groups is 1. The lowest BCUT2D eigenvalue weighted by Gasteiger charge is -2.06. The van der Waals surface area contributed by atoms with Crippen molar-refractivity contribution in [1.29, 1.82) is 0 Å². The molecule has 1 amide bonds. The largest absolute Gasteiger partial charge is 0.389 e. The number of hydrogen-bond acceptors (Lipinski definition) is 4. The molecule has 0 saturated carbocycles. The first-order valence-electron chi connectivity index (χ1n) is 7.06. The van der Waals surface area contributed by atoms with Crippen molar-refractivity contribution >= 4 is 27.4 Å². The van der Waals surface area contributed by atoms with E-state index in [1.165, 1.54) is 16.9 Å². The summed E-state index contributed by atoms with van der Waals surface area (Å²) in [5.41, 5.74) is 9.01. The molecule has 0 spiro atoms. The Morgan fingerprint density at radius 2 is 1.81 bits per heavy atom. The predicted octanol–water partition coefficient (Wildman–Crippen LogP) is 4.11. The van der Waals surface area contributed by atoms with Crippen molar-refractivity contribution in [3.63, 3.8) is 0 Å². The number of thiazole rings is 1. The first-order chi connectivity index (χ1) is 9.88. The molecule has 0 aliphatic heterocycles. The third-order valence-electron chi connectivity index (χ3n) is 3.26. The van der Waals surface area contributed by atoms with Crippen molar-refractivity contribution in [3.8, 4) is 11.3 Å². The number of carbonyl (C=O) groups excluding carboxylic acids is 1. The number of amides is 1. The molecule has 0 aliphatic carbocycles. The van der Waals surface area contributed by atoms with E-state index >= 15 is 0 Å². The minimum absolute atomic E-state index is 0.0505. The molecule has 21 heavy (non-hydrogen) atoms. The standard InChI is InChI=1S/C16H21N3OS/c1-9(2)11-5-7-12(8-6-11)13-14(17)21-16(18-13)19-15(20)10(3)4/h5-10H,17H2,1-4H3,(H,18,19,20). The quantitative estimate of drug-likeness (QED) is 0.893. The smallest absolute Gasteiger partial charge is 0.228 e. The Kier molecular flexibility index (Phi) is 4.63. The van der Waals surface area contributed by atoms with E-state index in [4.69, 9.17) is 5.73 Å². The normalized spacial score (nSPS) is 11.1. The van der Waals surface area contributed by atoms with Crippen LogP contribution in [0.5, 0.6) is 0 Å². The lowest BCUT2D eigenvalue weighted by atomic mass is 10.0. The highest BCUT2D eigenvalue weighted by Crippen LogP contribution is 2.34. The van der Waals surface area contributed by atoms with Crippen LogP contribution in [0.1, 0.15) is 39.2 Å². The minimum atomic E-state index is -0.0797. The van der Waals surface area contributed by atoms with Crippen LogP contribution in [0.4, 0.5) is 10.1 Å². The van der Waals surface area contributed by atoms with Crippen LogP contribution in [0.15, 0.2) is 24.3 Å². The third kappa shape index (κ3) is 3.61. The fraction of sp³-hybridized carbons (Fsp3) is 0.375. The van der Waals surface area contributed by atoms with Crippen LogP contribution < -0.4 is 11.1 Å². The van der Waals surface area contributed by atoms with Gasteiger partial charge in [-0.2, -0.15) is 0 Å². The van der Waals surface area contributed by atoms with Gasteiger partial charge in [-0.15, -0.1) is 0 Å². The van der Waals surface area contributed by atoms with Gasteiger partial charge in [-0.1, -0.05) is 63.3 Å². The molecular weight excluding hydrogens is 282 g/mol. The Bertz CT molecular complexity index is 629. The highest BCUT2D eigenvalue weighted by atomic mass is 32.1. The van der Waals surface area contributed by atoms with Gasteiger partial charge in [0.1, 0.15) is 10.7 Å². The van der Waals surface area contributed by atoms with Gasteiger partial charge in [0.05, 0.1) is 0 Å². The topological polar surface area (TPSA) is 68.0 Å². The molecular formula is C16H21N3OS. The van der Waals surface area contributed by atoms with Crippen LogP contribution in [-0.2, 0) is 4.79 Å². The molecule has 1 aromatic heterocycles. The first kappa shape index (κ1) is 15.5. The Hall–Kier alpha value is -1.88. The number of nitrogen functional groups attached to an aromatic ring is 1. The van der Waals surface area contributed by atoms with Crippen LogP contribution in [0.3, 0.4) is 0 Å². The van der Waals surface area contributed by atoms with Crippen LogP contribution in [0, 0.1) is 5.92 Å². The molecule has 2 aromatic rings. The molecule has 0 bridgehead atoms. The van der Waals surface area contributed by atoms with Crippen LogP contribution >= 0.6 is 11.3 Å². The predicted molar refractivity (Wildman–Crippen MR) is 89.5 cm³/mol. The molecule has 0 saturated heterocycles. The van der Waals surface area contributed by atoms with Gasteiger partial charge in [0.2, 0.25) is 5.91 Å². The Morgan fingerprint density at radius 1 is 1.19 bits per heavy atom. The average molecular weight is 303 g/mol. The SMILES string of the molecule is CC(C)C(=O)Nc1nc(-c2ccc(C(C)C)cc2)c(N)s1. The van der Waals surface area contributed by atoms with E-state index in [1.54, 1.807) is 0 Å². The Balaban J connectivity index is 2.24. The number of benzene rings is 1. The lowest BCUT2D eigenvalue weighted by molar-refractivity contribution is -0.118. The Labute approximate surface area is 129 Å². The molecule has 0 fully saturated rings. The van der Waals surface area contributed by atoms with Gasteiger partial charge in [0.15, 0.2) is 5.13 Å². The lowest BCUT2D eigenvalue weighted by Crippen LogP contribution is -2.17. The molecule has 4 nitrogen and oxygen atoms in total. The second-order valence-electron chi connectivity index (χ2n) is 5.65. The average Bonchev–Trinajstić information content (AvgIpc) is 2.79. The highest BCUT2D eigenvalue weighted by molar-refractivity contribution is 7.20. The number of nitrogens with zero attached hydrogens (tertiary/aromatic N) is 1. The van der Waals surface area contributed by atoms with Crippen molar-refractivity contribution in [3.05, 3.63) is 29.8 Å². The van der Waals surface area contributed by atoms with Gasteiger partial charge in [0, 0.05) is 11.5 Å². The van der Waals surface area contributed by atoms with Crippen molar-refractivity contribution in [1.82, 2.24) is 4.98 Å². The zero-order valence-corrected chi connectivity index (χ0v) is 13.6. The molecule has 0 atom stereocenters. The summed E-state index contributed by atoms with van der Waals surface area (Å²) in [5, 5.41) is 3.96. The maximum Gasteiger partial charge on any atom is 0.228 e. The molecule has 2 rings (SSSR count). The maximum absolute atomic E-state index is 11.7. The molecule has 1 heterocycles. The van der Waals surface area contributed by atoms with Gasteiger partial charge in [-0.3, -0.25) is 4.79 Å². The fourth-order valence-corrected chi connectivity index (χ4v) is 2.62. The van der Waals surface area contributed by atoms with Gasteiger partial charge >= 0.3 is 0 Å². The van der Waals surface area contributed by atoms with Crippen molar-refractivity contribution < 1.29 is 4.79 Å². The zero-order valence-electron chi connectivity index (χ0n) is 12.8. The van der Waals surface area contributed by atoms with Crippen molar-refractivity contribution in [2.45, 2.75) is 33.6 Å². The molecule has 3 N–H and O–H groups in total. The maximum atomic E-state index is 11.7. The molecule has 0 radical (unpaired) electrons. The first-order valence-corrected chi connectivity index (χ1v) is 7.87. The van der Waals surface area contributed by atoms with Crippen molar-refractivity contribution in [2.75, 3.05) is 11.1 Å². The summed E-state index contributed by atoms with van der Waals surface area (Å²) in [5.74, 6) is 0.363. The minimum Gasteiger partial charge on any atom is -0.389 e. The fourth-order valence-electron chi connectivity index (χ4n) is 1.87. The molecule has 0 aliphatic rings. The molecule has 5 heteroatoms. The van der Waals surface area contributed by atoms with E-state index in [-0.39, 0.29) is 11.8 Å². The summed E-state index contributed by atoms with van der Waals surface area (Å²) in [6, 6.07) is 8.22. The third-order valence-corrected chi connectivity index (χ3v) is 4.06. The second kappa shape index (κ2) is 6.26. The van der Waals surface area contributed by atoms with E-state index in [9.17, 15) is 4.79 Å². The van der Waals surface area contributed by atoms with E-state index in [0.29, 0.717) is 16.1 Å². The number of nitrogens with two attached hydrogens (primary N) is 1. The van der Waals surface area contributed by atoms with Crippen molar-refractivity contribution in [2.24, 2.45) is 5.92 Å². The number of aromatic nitrogens is 1. The number of anilines is 2. The molecule has 112 valence electrons. The Morgan fingerprint density at radius 3 is 2.33 bits per heavy atom. The molecule has 1 aromatic carbocycles. The van der Waals surface area contributed by atoms with E-state index in [2.05, 4.69) is 36.3 Å². The number of rotatable bonds is 4. The zero-order chi connectivity index (χ0) is 15.6. The summed E-state index contributed by atoms with van der Waals surface area (Å²) in [4.78, 5) is 16.1. The summed E-state index contributed by atoms with van der Waals surface area (Å²) >= 11 is 1.30. The number of nitrogens with one attached hydrogen (secondary N) is 1. The summed E-state index contributed by atoms with van der Waals surface area (Å²) in [6.45, 7) is 8.01.